The number of hydrogen-bond acceptors (Lipinski definition) is 3. The minimum Gasteiger partial charge on any atom is -0.444 e. The lowest BCUT2D eigenvalue weighted by Crippen LogP contribution is -2.42. The van der Waals surface area contributed by atoms with Gasteiger partial charge in [-0.2, -0.15) is 0 Å². The van der Waals surface area contributed by atoms with Crippen molar-refractivity contribution >= 4 is 27.7 Å². The average Bonchev–Trinajstić information content (AvgIpc) is 2.41. The summed E-state index contributed by atoms with van der Waals surface area (Å²) in [4.78, 5) is 11.8. The summed E-state index contributed by atoms with van der Waals surface area (Å²) in [5.41, 5.74) is 0.705. The minimum atomic E-state index is -0.440. The van der Waals surface area contributed by atoms with E-state index in [2.05, 4.69) is 38.7 Å². The van der Waals surface area contributed by atoms with E-state index in [0.29, 0.717) is 6.04 Å². The number of hydrogen-bond donors (Lipinski definition) is 2. The molecule has 0 saturated heterocycles. The second-order valence-corrected chi connectivity index (χ2v) is 7.76. The van der Waals surface area contributed by atoms with Crippen molar-refractivity contribution in [2.45, 2.75) is 64.1 Å². The van der Waals surface area contributed by atoms with Gasteiger partial charge in [0.25, 0.3) is 0 Å². The topological polar surface area (TPSA) is 50.4 Å². The molecule has 0 spiro atoms. The van der Waals surface area contributed by atoms with Gasteiger partial charge in [0.2, 0.25) is 0 Å². The van der Waals surface area contributed by atoms with Crippen molar-refractivity contribution < 1.29 is 9.53 Å². The molecule has 0 aliphatic heterocycles. The van der Waals surface area contributed by atoms with Gasteiger partial charge >= 0.3 is 6.09 Å². The normalized spacial score (nSPS) is 22.0. The first-order valence-electron chi connectivity index (χ1n) is 7.83. The summed E-state index contributed by atoms with van der Waals surface area (Å²) in [6.45, 7) is 5.64. The standard InChI is InChI=1S/C17H25BrN2O2/c1-17(2,3)22-16(21)20-15-10-8-14(9-11-15)19-13-6-4-12(18)5-7-13/h4-7,14-15,19H,8-11H2,1-3H3,(H,20,21). The Kier molecular flexibility index (Phi) is 5.73. The van der Waals surface area contributed by atoms with E-state index in [1.807, 2.05) is 32.9 Å². The third kappa shape index (κ3) is 5.87. The van der Waals surface area contributed by atoms with Gasteiger partial charge in [0.05, 0.1) is 0 Å². The van der Waals surface area contributed by atoms with E-state index in [-0.39, 0.29) is 12.1 Å². The van der Waals surface area contributed by atoms with Crippen LogP contribution in [0.2, 0.25) is 0 Å². The van der Waals surface area contributed by atoms with Crippen LogP contribution < -0.4 is 10.6 Å². The summed E-state index contributed by atoms with van der Waals surface area (Å²) >= 11 is 3.44. The van der Waals surface area contributed by atoms with Crippen molar-refractivity contribution in [1.82, 2.24) is 5.32 Å². The molecule has 4 nitrogen and oxygen atoms in total. The first kappa shape index (κ1) is 17.1. The zero-order chi connectivity index (χ0) is 16.2. The molecular weight excluding hydrogens is 344 g/mol. The highest BCUT2D eigenvalue weighted by atomic mass is 79.9. The van der Waals surface area contributed by atoms with Gasteiger partial charge in [0.15, 0.2) is 0 Å². The molecule has 1 fully saturated rings. The van der Waals surface area contributed by atoms with Gasteiger partial charge in [-0.25, -0.2) is 4.79 Å². The summed E-state index contributed by atoms with van der Waals surface area (Å²) in [5, 5.41) is 6.53. The Morgan fingerprint density at radius 3 is 2.18 bits per heavy atom. The smallest absolute Gasteiger partial charge is 0.407 e. The summed E-state index contributed by atoms with van der Waals surface area (Å²) in [6.07, 6.45) is 3.75. The molecule has 1 aromatic rings. The van der Waals surface area contributed by atoms with Gasteiger partial charge in [-0.3, -0.25) is 0 Å². The lowest BCUT2D eigenvalue weighted by molar-refractivity contribution is 0.0492. The number of anilines is 1. The van der Waals surface area contributed by atoms with E-state index in [4.69, 9.17) is 4.74 Å². The number of rotatable bonds is 3. The number of ether oxygens (including phenoxy) is 1. The minimum absolute atomic E-state index is 0.220. The highest BCUT2D eigenvalue weighted by Crippen LogP contribution is 2.23. The number of halogens is 1. The molecule has 0 aromatic heterocycles. The third-order valence-electron chi connectivity index (χ3n) is 3.66. The quantitative estimate of drug-likeness (QED) is 0.812. The monoisotopic (exact) mass is 368 g/mol. The summed E-state index contributed by atoms with van der Waals surface area (Å²) in [5.74, 6) is 0. The van der Waals surface area contributed by atoms with Crippen LogP contribution in [-0.2, 0) is 4.74 Å². The Hall–Kier alpha value is -1.23. The van der Waals surface area contributed by atoms with Crippen molar-refractivity contribution in [1.29, 1.82) is 0 Å². The molecule has 0 unspecified atom stereocenters. The molecule has 2 rings (SSSR count). The molecule has 0 radical (unpaired) electrons. The highest BCUT2D eigenvalue weighted by Gasteiger charge is 2.24. The second kappa shape index (κ2) is 7.36. The number of nitrogens with one attached hydrogen (secondary N) is 2. The van der Waals surface area contributed by atoms with Gasteiger partial charge in [-0.15, -0.1) is 0 Å². The molecule has 1 aliphatic carbocycles. The maximum atomic E-state index is 11.8. The zero-order valence-electron chi connectivity index (χ0n) is 13.5. The molecule has 1 saturated carbocycles. The molecule has 1 aliphatic rings. The molecule has 2 N–H and O–H groups in total. The van der Waals surface area contributed by atoms with Crippen LogP contribution in [-0.4, -0.2) is 23.8 Å². The predicted molar refractivity (Wildman–Crippen MR) is 93.2 cm³/mol. The van der Waals surface area contributed by atoms with Crippen molar-refractivity contribution in [3.63, 3.8) is 0 Å². The number of amides is 1. The van der Waals surface area contributed by atoms with Gasteiger partial charge in [0, 0.05) is 22.2 Å². The zero-order valence-corrected chi connectivity index (χ0v) is 15.1. The SMILES string of the molecule is CC(C)(C)OC(=O)NC1CCC(Nc2ccc(Br)cc2)CC1. The highest BCUT2D eigenvalue weighted by molar-refractivity contribution is 9.10. The molecular formula is C17H25BrN2O2. The van der Waals surface area contributed by atoms with Crippen molar-refractivity contribution in [2.75, 3.05) is 5.32 Å². The van der Waals surface area contributed by atoms with Gasteiger partial charge < -0.3 is 15.4 Å². The lowest BCUT2D eigenvalue weighted by atomic mass is 9.91. The number of carbonyl (C=O) groups is 1. The first-order valence-corrected chi connectivity index (χ1v) is 8.63. The lowest BCUT2D eigenvalue weighted by Gasteiger charge is -2.31. The number of alkyl carbamates (subject to hydrolysis) is 1. The van der Waals surface area contributed by atoms with Crippen LogP contribution in [0, 0.1) is 0 Å². The summed E-state index contributed by atoms with van der Waals surface area (Å²) in [6, 6.07) is 8.93. The van der Waals surface area contributed by atoms with Crippen LogP contribution in [0.15, 0.2) is 28.7 Å². The van der Waals surface area contributed by atoms with Gasteiger partial charge in [-0.1, -0.05) is 15.9 Å². The Labute approximate surface area is 141 Å². The molecule has 1 aromatic carbocycles. The van der Waals surface area contributed by atoms with Gasteiger partial charge in [0.1, 0.15) is 5.60 Å². The molecule has 0 heterocycles. The molecule has 122 valence electrons. The summed E-state index contributed by atoms with van der Waals surface area (Å²) < 4.78 is 6.39. The Morgan fingerprint density at radius 2 is 1.64 bits per heavy atom. The van der Waals surface area contributed by atoms with Crippen molar-refractivity contribution in [2.24, 2.45) is 0 Å². The van der Waals surface area contributed by atoms with E-state index in [1.165, 1.54) is 0 Å². The largest absolute Gasteiger partial charge is 0.444 e. The molecule has 22 heavy (non-hydrogen) atoms. The molecule has 0 atom stereocenters. The summed E-state index contributed by atoms with van der Waals surface area (Å²) in [7, 11) is 0. The first-order chi connectivity index (χ1) is 10.3. The van der Waals surface area contributed by atoms with E-state index in [0.717, 1.165) is 35.8 Å². The van der Waals surface area contributed by atoms with Crippen LogP contribution in [0.25, 0.3) is 0 Å². The number of benzene rings is 1. The van der Waals surface area contributed by atoms with E-state index in [1.54, 1.807) is 0 Å². The second-order valence-electron chi connectivity index (χ2n) is 6.85. The van der Waals surface area contributed by atoms with Gasteiger partial charge in [-0.05, 0) is 70.7 Å². The molecule has 0 bridgehead atoms. The Balaban J connectivity index is 1.73. The van der Waals surface area contributed by atoms with Crippen molar-refractivity contribution in [3.05, 3.63) is 28.7 Å². The van der Waals surface area contributed by atoms with Crippen molar-refractivity contribution in [3.8, 4) is 0 Å². The van der Waals surface area contributed by atoms with Crippen LogP contribution in [0.3, 0.4) is 0 Å². The van der Waals surface area contributed by atoms with Crippen LogP contribution >= 0.6 is 15.9 Å². The fourth-order valence-corrected chi connectivity index (χ4v) is 2.90. The fourth-order valence-electron chi connectivity index (χ4n) is 2.64. The Bertz CT molecular complexity index is 488. The predicted octanol–water partition coefficient (Wildman–Crippen LogP) is 4.70. The van der Waals surface area contributed by atoms with E-state index >= 15 is 0 Å². The van der Waals surface area contributed by atoms with Crippen LogP contribution in [0.4, 0.5) is 10.5 Å². The molecule has 1 amide bonds. The van der Waals surface area contributed by atoms with Crippen LogP contribution in [0.5, 0.6) is 0 Å². The van der Waals surface area contributed by atoms with Crippen LogP contribution in [0.1, 0.15) is 46.5 Å². The maximum absolute atomic E-state index is 11.8. The Morgan fingerprint density at radius 1 is 1.09 bits per heavy atom. The third-order valence-corrected chi connectivity index (χ3v) is 4.19. The number of carbonyl (C=O) groups excluding carboxylic acids is 1. The van der Waals surface area contributed by atoms with E-state index < -0.39 is 5.60 Å². The maximum Gasteiger partial charge on any atom is 0.407 e. The molecule has 5 heteroatoms. The van der Waals surface area contributed by atoms with E-state index in [9.17, 15) is 4.79 Å². The fraction of sp³-hybridized carbons (Fsp3) is 0.588. The average molecular weight is 369 g/mol.